The highest BCUT2D eigenvalue weighted by Gasteiger charge is 2.32. The van der Waals surface area contributed by atoms with E-state index in [0.29, 0.717) is 0 Å². The van der Waals surface area contributed by atoms with Gasteiger partial charge in [-0.05, 0) is 6.42 Å². The van der Waals surface area contributed by atoms with Crippen LogP contribution in [0.3, 0.4) is 0 Å². The summed E-state index contributed by atoms with van der Waals surface area (Å²) < 4.78 is 5.34. The summed E-state index contributed by atoms with van der Waals surface area (Å²) in [7, 11) is 0. The third-order valence-electron chi connectivity index (χ3n) is 2.78. The zero-order valence-corrected chi connectivity index (χ0v) is 8.81. The fourth-order valence-corrected chi connectivity index (χ4v) is 2.93. The maximum absolute atomic E-state index is 6.22. The average molecular weight is 202 g/mol. The second kappa shape index (κ2) is 4.17. The van der Waals surface area contributed by atoms with Crippen LogP contribution >= 0.6 is 11.8 Å². The highest BCUT2D eigenvalue weighted by atomic mass is 32.2. The molecule has 2 fully saturated rings. The summed E-state index contributed by atoms with van der Waals surface area (Å²) in [6.45, 7) is 5.01. The number of nitrogens with zero attached hydrogens (tertiary/aromatic N) is 1. The van der Waals surface area contributed by atoms with Crippen molar-refractivity contribution in [3.63, 3.8) is 0 Å². The van der Waals surface area contributed by atoms with Gasteiger partial charge in [-0.3, -0.25) is 4.90 Å². The van der Waals surface area contributed by atoms with Crippen molar-refractivity contribution < 1.29 is 4.74 Å². The molecule has 0 spiro atoms. The lowest BCUT2D eigenvalue weighted by Gasteiger charge is -2.33. The predicted octanol–water partition coefficient (Wildman–Crippen LogP) is 0.153. The third kappa shape index (κ3) is 2.59. The standard InChI is InChI=1S/C9H18N2OS/c10-9(1-4-12-8-9)7-11-2-5-13-6-3-11/h1-8,10H2. The minimum atomic E-state index is -0.0536. The lowest BCUT2D eigenvalue weighted by Crippen LogP contribution is -2.52. The molecule has 0 bridgehead atoms. The Kier molecular flexibility index (Phi) is 3.14. The molecule has 2 heterocycles. The molecule has 0 aromatic heterocycles. The van der Waals surface area contributed by atoms with Crippen LogP contribution in [0.2, 0.25) is 0 Å². The minimum Gasteiger partial charge on any atom is -0.379 e. The fraction of sp³-hybridized carbons (Fsp3) is 1.00. The van der Waals surface area contributed by atoms with Crippen molar-refractivity contribution in [3.05, 3.63) is 0 Å². The molecule has 4 heteroatoms. The van der Waals surface area contributed by atoms with Gasteiger partial charge in [0, 0.05) is 37.7 Å². The third-order valence-corrected chi connectivity index (χ3v) is 3.72. The summed E-state index contributed by atoms with van der Waals surface area (Å²) in [5, 5.41) is 0. The van der Waals surface area contributed by atoms with E-state index >= 15 is 0 Å². The van der Waals surface area contributed by atoms with Gasteiger partial charge in [0.2, 0.25) is 0 Å². The van der Waals surface area contributed by atoms with Gasteiger partial charge in [-0.2, -0.15) is 11.8 Å². The molecule has 2 aliphatic rings. The molecule has 2 N–H and O–H groups in total. The highest BCUT2D eigenvalue weighted by molar-refractivity contribution is 7.99. The van der Waals surface area contributed by atoms with Crippen molar-refractivity contribution in [3.8, 4) is 0 Å². The Hall–Kier alpha value is 0.230. The van der Waals surface area contributed by atoms with E-state index in [2.05, 4.69) is 4.90 Å². The van der Waals surface area contributed by atoms with Crippen LogP contribution in [-0.2, 0) is 4.74 Å². The monoisotopic (exact) mass is 202 g/mol. The minimum absolute atomic E-state index is 0.0536. The van der Waals surface area contributed by atoms with Crippen LogP contribution in [0.4, 0.5) is 0 Å². The highest BCUT2D eigenvalue weighted by Crippen LogP contribution is 2.19. The maximum atomic E-state index is 6.22. The molecule has 0 aromatic rings. The summed E-state index contributed by atoms with van der Waals surface area (Å²) in [6, 6.07) is 0. The first-order valence-electron chi connectivity index (χ1n) is 4.95. The van der Waals surface area contributed by atoms with Crippen molar-refractivity contribution in [2.45, 2.75) is 12.0 Å². The summed E-state index contributed by atoms with van der Waals surface area (Å²) in [5.74, 6) is 2.52. The largest absolute Gasteiger partial charge is 0.379 e. The molecule has 0 aromatic carbocycles. The van der Waals surface area contributed by atoms with Crippen molar-refractivity contribution in [1.29, 1.82) is 0 Å². The first-order valence-corrected chi connectivity index (χ1v) is 6.11. The fourth-order valence-electron chi connectivity index (χ4n) is 1.95. The summed E-state index contributed by atoms with van der Waals surface area (Å²) in [4.78, 5) is 2.48. The quantitative estimate of drug-likeness (QED) is 0.692. The van der Waals surface area contributed by atoms with Gasteiger partial charge in [0.25, 0.3) is 0 Å². The predicted molar refractivity (Wildman–Crippen MR) is 56.1 cm³/mol. The molecule has 2 aliphatic heterocycles. The maximum Gasteiger partial charge on any atom is 0.0659 e. The number of rotatable bonds is 2. The van der Waals surface area contributed by atoms with Gasteiger partial charge in [-0.15, -0.1) is 0 Å². The molecule has 76 valence electrons. The second-order valence-electron chi connectivity index (χ2n) is 4.05. The van der Waals surface area contributed by atoms with E-state index in [1.165, 1.54) is 24.6 Å². The van der Waals surface area contributed by atoms with Gasteiger partial charge in [-0.25, -0.2) is 0 Å². The topological polar surface area (TPSA) is 38.5 Å². The lowest BCUT2D eigenvalue weighted by atomic mass is 10.00. The van der Waals surface area contributed by atoms with Gasteiger partial charge < -0.3 is 10.5 Å². The Labute approximate surface area is 84.0 Å². The van der Waals surface area contributed by atoms with Gasteiger partial charge in [0.15, 0.2) is 0 Å². The second-order valence-corrected chi connectivity index (χ2v) is 5.28. The Morgan fingerprint density at radius 3 is 2.77 bits per heavy atom. The van der Waals surface area contributed by atoms with Crippen LogP contribution in [0.25, 0.3) is 0 Å². The van der Waals surface area contributed by atoms with E-state index in [1.54, 1.807) is 0 Å². The molecule has 13 heavy (non-hydrogen) atoms. The Morgan fingerprint density at radius 2 is 2.15 bits per heavy atom. The first kappa shape index (κ1) is 9.77. The smallest absolute Gasteiger partial charge is 0.0659 e. The summed E-state index contributed by atoms with van der Waals surface area (Å²) in [5.41, 5.74) is 6.16. The number of thioether (sulfide) groups is 1. The number of nitrogens with two attached hydrogens (primary N) is 1. The molecule has 0 radical (unpaired) electrons. The van der Waals surface area contributed by atoms with E-state index in [1.807, 2.05) is 11.8 Å². The summed E-state index contributed by atoms with van der Waals surface area (Å²) in [6.07, 6.45) is 1.02. The van der Waals surface area contributed by atoms with E-state index in [0.717, 1.165) is 26.2 Å². The molecule has 1 unspecified atom stereocenters. The summed E-state index contributed by atoms with van der Waals surface area (Å²) >= 11 is 2.04. The van der Waals surface area contributed by atoms with Crippen molar-refractivity contribution >= 4 is 11.8 Å². The zero-order chi connectivity index (χ0) is 9.15. The Morgan fingerprint density at radius 1 is 1.38 bits per heavy atom. The molecule has 3 nitrogen and oxygen atoms in total. The molecule has 0 aliphatic carbocycles. The van der Waals surface area contributed by atoms with Crippen LogP contribution in [0, 0.1) is 0 Å². The molecule has 2 saturated heterocycles. The normalized spacial score (nSPS) is 36.7. The van der Waals surface area contributed by atoms with E-state index < -0.39 is 0 Å². The Bertz CT molecular complexity index is 165. The number of hydrogen-bond acceptors (Lipinski definition) is 4. The van der Waals surface area contributed by atoms with Gasteiger partial charge in [0.1, 0.15) is 0 Å². The molecule has 1 atom stereocenters. The van der Waals surface area contributed by atoms with Crippen molar-refractivity contribution in [2.75, 3.05) is 44.4 Å². The number of ether oxygens (including phenoxy) is 1. The van der Waals surface area contributed by atoms with E-state index in [4.69, 9.17) is 10.5 Å². The number of hydrogen-bond donors (Lipinski definition) is 1. The Balaban J connectivity index is 1.81. The zero-order valence-electron chi connectivity index (χ0n) is 8.00. The first-order chi connectivity index (χ1) is 6.29. The van der Waals surface area contributed by atoms with Gasteiger partial charge in [-0.1, -0.05) is 0 Å². The van der Waals surface area contributed by atoms with Crippen LogP contribution in [0.1, 0.15) is 6.42 Å². The van der Waals surface area contributed by atoms with Crippen LogP contribution < -0.4 is 5.73 Å². The van der Waals surface area contributed by atoms with Crippen LogP contribution in [0.5, 0.6) is 0 Å². The molecule has 2 rings (SSSR count). The molecular formula is C9H18N2OS. The van der Waals surface area contributed by atoms with E-state index in [9.17, 15) is 0 Å². The molecule has 0 saturated carbocycles. The lowest BCUT2D eigenvalue weighted by molar-refractivity contribution is 0.156. The molecular weight excluding hydrogens is 184 g/mol. The van der Waals surface area contributed by atoms with Crippen LogP contribution in [0.15, 0.2) is 0 Å². The van der Waals surface area contributed by atoms with Crippen LogP contribution in [-0.4, -0.2) is 54.8 Å². The van der Waals surface area contributed by atoms with Crippen molar-refractivity contribution in [2.24, 2.45) is 5.73 Å². The molecule has 0 amide bonds. The average Bonchev–Trinajstić information content (AvgIpc) is 2.54. The van der Waals surface area contributed by atoms with E-state index in [-0.39, 0.29) is 5.54 Å². The SMILES string of the molecule is NC1(CN2CCSCC2)CCOC1. The van der Waals surface area contributed by atoms with Gasteiger partial charge in [0.05, 0.1) is 12.1 Å². The van der Waals surface area contributed by atoms with Gasteiger partial charge >= 0.3 is 0 Å². The van der Waals surface area contributed by atoms with Crippen molar-refractivity contribution in [1.82, 2.24) is 4.90 Å².